The minimum absolute atomic E-state index is 0.186. The minimum Gasteiger partial charge on any atom is -0.493 e. The monoisotopic (exact) mass is 507 g/mol. The molecule has 0 spiro atoms. The number of carbonyl (C=O) groups is 1. The first-order chi connectivity index (χ1) is 17.0. The maximum absolute atomic E-state index is 12.4. The van der Waals surface area contributed by atoms with Crippen LogP contribution in [0, 0.1) is 0 Å². The number of aromatic nitrogens is 1. The highest BCUT2D eigenvalue weighted by molar-refractivity contribution is 7.80. The van der Waals surface area contributed by atoms with E-state index in [4.69, 9.17) is 38.0 Å². The Morgan fingerprint density at radius 3 is 2.29 bits per heavy atom. The van der Waals surface area contributed by atoms with E-state index in [0.29, 0.717) is 40.1 Å². The number of pyridine rings is 1. The predicted molar refractivity (Wildman–Crippen MR) is 141 cm³/mol. The lowest BCUT2D eigenvalue weighted by molar-refractivity contribution is 0.0977. The Morgan fingerprint density at radius 1 is 0.943 bits per heavy atom. The van der Waals surface area contributed by atoms with E-state index in [2.05, 4.69) is 15.6 Å². The number of halogens is 1. The van der Waals surface area contributed by atoms with Gasteiger partial charge in [0.05, 0.1) is 19.7 Å². The highest BCUT2D eigenvalue weighted by Gasteiger charge is 2.12. The van der Waals surface area contributed by atoms with Crippen LogP contribution in [0.2, 0.25) is 0 Å². The summed E-state index contributed by atoms with van der Waals surface area (Å²) in [5, 5.41) is 6.63. The fourth-order valence-electron chi connectivity index (χ4n) is 3.35. The van der Waals surface area contributed by atoms with Crippen LogP contribution in [0.5, 0.6) is 23.0 Å². The van der Waals surface area contributed by atoms with E-state index in [1.165, 1.54) is 0 Å². The number of hydrogen-bond donors (Lipinski definition) is 2. The molecule has 0 saturated carbocycles. The third-order valence-electron chi connectivity index (χ3n) is 5.14. The number of hydrogen-bond acceptors (Lipinski definition) is 6. The number of fused-ring (bicyclic) bond motifs is 1. The van der Waals surface area contributed by atoms with Gasteiger partial charge in [-0.3, -0.25) is 15.1 Å². The quantitative estimate of drug-likeness (QED) is 0.238. The number of alkyl halides is 1. The second-order valence-corrected chi connectivity index (χ2v) is 8.07. The van der Waals surface area contributed by atoms with Crippen molar-refractivity contribution >= 4 is 51.4 Å². The SMILES string of the molecule is COc1cc2nccc(Oc3ccc(NC(=S)NC(=O)c4ccc(CCl)cc4)cc3)c2cc1OC. The van der Waals surface area contributed by atoms with Gasteiger partial charge in [-0.05, 0) is 66.3 Å². The molecule has 4 rings (SSSR count). The number of benzene rings is 3. The maximum atomic E-state index is 12.4. The van der Waals surface area contributed by atoms with Crippen molar-refractivity contribution in [1.29, 1.82) is 0 Å². The van der Waals surface area contributed by atoms with E-state index < -0.39 is 0 Å². The molecule has 3 aromatic carbocycles. The minimum atomic E-state index is -0.305. The molecular formula is C26H22ClN3O4S. The number of nitrogens with zero attached hydrogens (tertiary/aromatic N) is 1. The number of amides is 1. The summed E-state index contributed by atoms with van der Waals surface area (Å²) >= 11 is 11.1. The topological polar surface area (TPSA) is 81.7 Å². The van der Waals surface area contributed by atoms with E-state index in [9.17, 15) is 4.79 Å². The van der Waals surface area contributed by atoms with Gasteiger partial charge in [-0.1, -0.05) is 12.1 Å². The number of carbonyl (C=O) groups excluding carboxylic acids is 1. The molecule has 1 heterocycles. The van der Waals surface area contributed by atoms with Crippen molar-refractivity contribution in [2.24, 2.45) is 0 Å². The zero-order valence-corrected chi connectivity index (χ0v) is 20.6. The fraction of sp³-hybridized carbons (Fsp3) is 0.115. The van der Waals surface area contributed by atoms with Crippen LogP contribution in [0.25, 0.3) is 10.9 Å². The van der Waals surface area contributed by atoms with Gasteiger partial charge in [-0.15, -0.1) is 11.6 Å². The third-order valence-corrected chi connectivity index (χ3v) is 5.66. The van der Waals surface area contributed by atoms with Gasteiger partial charge >= 0.3 is 0 Å². The van der Waals surface area contributed by atoms with E-state index >= 15 is 0 Å². The summed E-state index contributed by atoms with van der Waals surface area (Å²) in [6, 6.07) is 19.6. The standard InChI is InChI=1S/C26H22ClN3O4S/c1-32-23-13-20-21(14-24(23)33-2)28-12-11-22(20)34-19-9-7-18(8-10-19)29-26(35)30-25(31)17-5-3-16(15-27)4-6-17/h3-14H,15H2,1-2H3,(H2,29,30,31,35). The van der Waals surface area contributed by atoms with Crippen molar-refractivity contribution in [2.75, 3.05) is 19.5 Å². The summed E-state index contributed by atoms with van der Waals surface area (Å²) in [4.78, 5) is 16.8. The molecule has 9 heteroatoms. The lowest BCUT2D eigenvalue weighted by Crippen LogP contribution is -2.34. The lowest BCUT2D eigenvalue weighted by Gasteiger charge is -2.13. The van der Waals surface area contributed by atoms with Crippen LogP contribution in [0.4, 0.5) is 5.69 Å². The molecule has 0 aliphatic rings. The molecule has 0 fully saturated rings. The molecule has 2 N–H and O–H groups in total. The van der Waals surface area contributed by atoms with Crippen molar-refractivity contribution in [3.05, 3.63) is 84.1 Å². The number of thiocarbonyl (C=S) groups is 1. The molecule has 0 unspecified atom stereocenters. The van der Waals surface area contributed by atoms with E-state index in [-0.39, 0.29) is 11.0 Å². The van der Waals surface area contributed by atoms with Crippen LogP contribution in [-0.4, -0.2) is 30.2 Å². The number of anilines is 1. The summed E-state index contributed by atoms with van der Waals surface area (Å²) in [6.07, 6.45) is 1.67. The first-order valence-electron chi connectivity index (χ1n) is 10.6. The van der Waals surface area contributed by atoms with Gasteiger partial charge in [0.25, 0.3) is 5.91 Å². The van der Waals surface area contributed by atoms with Crippen LogP contribution < -0.4 is 24.8 Å². The van der Waals surface area contributed by atoms with Gasteiger partial charge in [-0.25, -0.2) is 0 Å². The van der Waals surface area contributed by atoms with Gasteiger partial charge in [0.15, 0.2) is 16.6 Å². The van der Waals surface area contributed by atoms with E-state index in [1.807, 2.05) is 6.07 Å². The highest BCUT2D eigenvalue weighted by Crippen LogP contribution is 2.36. The second kappa shape index (κ2) is 11.0. The van der Waals surface area contributed by atoms with Gasteiger partial charge in [0.2, 0.25) is 0 Å². The molecule has 4 aromatic rings. The molecule has 0 bridgehead atoms. The van der Waals surface area contributed by atoms with Crippen LogP contribution in [0.3, 0.4) is 0 Å². The zero-order valence-electron chi connectivity index (χ0n) is 19.0. The molecule has 0 saturated heterocycles. The zero-order chi connectivity index (χ0) is 24.8. The van der Waals surface area contributed by atoms with Crippen molar-refractivity contribution in [3.63, 3.8) is 0 Å². The molecule has 178 valence electrons. The number of methoxy groups -OCH3 is 2. The first-order valence-corrected chi connectivity index (χ1v) is 11.5. The number of nitrogens with one attached hydrogen (secondary N) is 2. The Hall–Kier alpha value is -3.88. The van der Waals surface area contributed by atoms with Crippen LogP contribution in [-0.2, 0) is 5.88 Å². The molecule has 1 amide bonds. The second-order valence-electron chi connectivity index (χ2n) is 7.40. The Bertz CT molecular complexity index is 1360. The Kier molecular flexibility index (Phi) is 7.64. The summed E-state index contributed by atoms with van der Waals surface area (Å²) in [6.45, 7) is 0. The Balaban J connectivity index is 1.42. The maximum Gasteiger partial charge on any atom is 0.257 e. The Morgan fingerprint density at radius 2 is 1.63 bits per heavy atom. The molecular weight excluding hydrogens is 486 g/mol. The number of ether oxygens (including phenoxy) is 3. The molecule has 35 heavy (non-hydrogen) atoms. The molecule has 0 radical (unpaired) electrons. The third kappa shape index (κ3) is 5.79. The van der Waals surface area contributed by atoms with Crippen LogP contribution >= 0.6 is 23.8 Å². The van der Waals surface area contributed by atoms with Gasteiger partial charge in [0, 0.05) is 34.8 Å². The summed E-state index contributed by atoms with van der Waals surface area (Å²) in [5.74, 6) is 2.51. The van der Waals surface area contributed by atoms with E-state index in [0.717, 1.165) is 16.5 Å². The molecule has 0 aliphatic carbocycles. The average Bonchev–Trinajstić information content (AvgIpc) is 2.89. The van der Waals surface area contributed by atoms with Gasteiger partial charge < -0.3 is 19.5 Å². The van der Waals surface area contributed by atoms with Crippen molar-refractivity contribution in [2.45, 2.75) is 5.88 Å². The van der Waals surface area contributed by atoms with Crippen molar-refractivity contribution in [3.8, 4) is 23.0 Å². The number of rotatable bonds is 7. The van der Waals surface area contributed by atoms with E-state index in [1.54, 1.807) is 81.1 Å². The molecule has 1 aromatic heterocycles. The van der Waals surface area contributed by atoms with Crippen LogP contribution in [0.15, 0.2) is 72.9 Å². The Labute approximate surface area is 213 Å². The molecule has 0 atom stereocenters. The molecule has 7 nitrogen and oxygen atoms in total. The fourth-order valence-corrected chi connectivity index (χ4v) is 3.74. The van der Waals surface area contributed by atoms with Crippen molar-refractivity contribution in [1.82, 2.24) is 10.3 Å². The van der Waals surface area contributed by atoms with Crippen LogP contribution in [0.1, 0.15) is 15.9 Å². The van der Waals surface area contributed by atoms with Crippen molar-refractivity contribution < 1.29 is 19.0 Å². The first kappa shape index (κ1) is 24.3. The van der Waals surface area contributed by atoms with Gasteiger partial charge in [-0.2, -0.15) is 0 Å². The van der Waals surface area contributed by atoms with Gasteiger partial charge in [0.1, 0.15) is 11.5 Å². The summed E-state index contributed by atoms with van der Waals surface area (Å²) < 4.78 is 16.8. The lowest BCUT2D eigenvalue weighted by atomic mass is 10.1. The summed E-state index contributed by atoms with van der Waals surface area (Å²) in [7, 11) is 3.16. The normalized spacial score (nSPS) is 10.5. The molecule has 0 aliphatic heterocycles. The smallest absolute Gasteiger partial charge is 0.257 e. The predicted octanol–water partition coefficient (Wildman–Crippen LogP) is 5.91. The largest absolute Gasteiger partial charge is 0.493 e. The summed E-state index contributed by atoms with van der Waals surface area (Å²) in [5.41, 5.74) is 2.85. The average molecular weight is 508 g/mol. The highest BCUT2D eigenvalue weighted by atomic mass is 35.5.